The molecule has 3 N–H and O–H groups in total. The van der Waals surface area contributed by atoms with E-state index < -0.39 is 0 Å². The average molecular weight is 175 g/mol. The fraction of sp³-hybridized carbons (Fsp3) is 1.00. The molecule has 0 spiro atoms. The lowest BCUT2D eigenvalue weighted by Gasteiger charge is -2.07. The maximum atomic E-state index is 8.72. The minimum atomic E-state index is 0.264. The molecule has 0 aromatic carbocycles. The fourth-order valence-corrected chi connectivity index (χ4v) is 0.996. The summed E-state index contributed by atoms with van der Waals surface area (Å²) in [5, 5.41) is 20.4. The number of aliphatic hydroxyl groups is 2. The van der Waals surface area contributed by atoms with E-state index >= 15 is 0 Å². The second-order valence-corrected chi connectivity index (χ2v) is 3.26. The Balaban J connectivity index is 2.90. The van der Waals surface area contributed by atoms with E-state index in [9.17, 15) is 0 Å². The highest BCUT2D eigenvalue weighted by Crippen LogP contribution is 2.02. The smallest absolute Gasteiger partial charge is 0.0456 e. The van der Waals surface area contributed by atoms with Crippen LogP contribution in [0.2, 0.25) is 0 Å². The molecule has 0 aliphatic heterocycles. The van der Waals surface area contributed by atoms with Crippen LogP contribution in [0, 0.1) is 5.92 Å². The van der Waals surface area contributed by atoms with Crippen LogP contribution in [0.1, 0.15) is 26.2 Å². The molecular weight excluding hydrogens is 154 g/mol. The maximum Gasteiger partial charge on any atom is 0.0456 e. The average Bonchev–Trinajstić information content (AvgIpc) is 2.10. The maximum absolute atomic E-state index is 8.72. The van der Waals surface area contributed by atoms with E-state index in [1.807, 2.05) is 6.92 Å². The molecule has 1 atom stereocenters. The Morgan fingerprint density at radius 3 is 2.42 bits per heavy atom. The lowest BCUT2D eigenvalue weighted by atomic mass is 10.1. The third-order valence-corrected chi connectivity index (χ3v) is 1.87. The summed E-state index contributed by atoms with van der Waals surface area (Å²) in [7, 11) is 0. The van der Waals surface area contributed by atoms with E-state index in [-0.39, 0.29) is 13.2 Å². The normalized spacial score (nSPS) is 13.2. The number of hydrogen-bond acceptors (Lipinski definition) is 3. The standard InChI is InChI=1S/C9H21NO2/c1-9(8-12)4-2-5-10-6-3-7-11/h9-12H,2-8H2,1H3. The molecule has 3 heteroatoms. The summed E-state index contributed by atoms with van der Waals surface area (Å²) in [6.45, 7) is 4.48. The van der Waals surface area contributed by atoms with Gasteiger partial charge in [-0.25, -0.2) is 0 Å². The number of aliphatic hydroxyl groups excluding tert-OH is 2. The first-order chi connectivity index (χ1) is 5.81. The van der Waals surface area contributed by atoms with Gasteiger partial charge >= 0.3 is 0 Å². The summed E-state index contributed by atoms with van der Waals surface area (Å²) in [6, 6.07) is 0. The summed E-state index contributed by atoms with van der Waals surface area (Å²) >= 11 is 0. The molecular formula is C9H21NO2. The quantitative estimate of drug-likeness (QED) is 0.467. The Morgan fingerprint density at radius 2 is 1.83 bits per heavy atom. The first-order valence-electron chi connectivity index (χ1n) is 4.73. The summed E-state index contributed by atoms with van der Waals surface area (Å²) in [5.41, 5.74) is 0. The van der Waals surface area contributed by atoms with Gasteiger partial charge in [0.25, 0.3) is 0 Å². The van der Waals surface area contributed by atoms with Crippen LogP contribution >= 0.6 is 0 Å². The van der Waals surface area contributed by atoms with E-state index in [1.165, 1.54) is 0 Å². The molecule has 0 aromatic rings. The lowest BCUT2D eigenvalue weighted by Crippen LogP contribution is -2.18. The first kappa shape index (κ1) is 11.9. The molecule has 0 aliphatic rings. The van der Waals surface area contributed by atoms with E-state index in [4.69, 9.17) is 10.2 Å². The molecule has 0 amide bonds. The van der Waals surface area contributed by atoms with Crippen molar-refractivity contribution >= 4 is 0 Å². The van der Waals surface area contributed by atoms with Gasteiger partial charge in [0.1, 0.15) is 0 Å². The Bertz CT molecular complexity index is 88.6. The molecule has 0 saturated heterocycles. The van der Waals surface area contributed by atoms with E-state index in [1.54, 1.807) is 0 Å². The molecule has 0 aliphatic carbocycles. The van der Waals surface area contributed by atoms with Crippen molar-refractivity contribution in [2.75, 3.05) is 26.3 Å². The molecule has 0 heterocycles. The first-order valence-corrected chi connectivity index (χ1v) is 4.73. The van der Waals surface area contributed by atoms with Crippen molar-refractivity contribution in [1.29, 1.82) is 0 Å². The fourth-order valence-electron chi connectivity index (χ4n) is 0.996. The predicted octanol–water partition coefficient (Wildman–Crippen LogP) is 0.367. The zero-order valence-electron chi connectivity index (χ0n) is 7.92. The molecule has 12 heavy (non-hydrogen) atoms. The van der Waals surface area contributed by atoms with Crippen LogP contribution in [0.4, 0.5) is 0 Å². The van der Waals surface area contributed by atoms with Gasteiger partial charge in [-0.05, 0) is 38.3 Å². The summed E-state index contributed by atoms with van der Waals surface area (Å²) in [5.74, 6) is 0.421. The van der Waals surface area contributed by atoms with Crippen molar-refractivity contribution in [3.05, 3.63) is 0 Å². The van der Waals surface area contributed by atoms with Gasteiger partial charge in [0.15, 0.2) is 0 Å². The number of rotatable bonds is 8. The van der Waals surface area contributed by atoms with E-state index in [0.717, 1.165) is 32.4 Å². The van der Waals surface area contributed by atoms with Crippen molar-refractivity contribution in [2.24, 2.45) is 5.92 Å². The van der Waals surface area contributed by atoms with Crippen LogP contribution < -0.4 is 5.32 Å². The molecule has 0 saturated carbocycles. The highest BCUT2D eigenvalue weighted by Gasteiger charge is 1.97. The Labute approximate surface area is 74.8 Å². The second kappa shape index (κ2) is 8.97. The second-order valence-electron chi connectivity index (χ2n) is 3.26. The van der Waals surface area contributed by atoms with Crippen molar-refractivity contribution in [1.82, 2.24) is 5.32 Å². The summed E-state index contributed by atoms with van der Waals surface area (Å²) in [4.78, 5) is 0. The lowest BCUT2D eigenvalue weighted by molar-refractivity contribution is 0.228. The molecule has 0 aromatic heterocycles. The minimum Gasteiger partial charge on any atom is -0.396 e. The Kier molecular flexibility index (Phi) is 8.88. The molecule has 0 fully saturated rings. The van der Waals surface area contributed by atoms with Crippen molar-refractivity contribution < 1.29 is 10.2 Å². The van der Waals surface area contributed by atoms with E-state index in [2.05, 4.69) is 5.32 Å². The third-order valence-electron chi connectivity index (χ3n) is 1.87. The van der Waals surface area contributed by atoms with Crippen LogP contribution in [-0.2, 0) is 0 Å². The van der Waals surface area contributed by atoms with Gasteiger partial charge in [-0.15, -0.1) is 0 Å². The largest absolute Gasteiger partial charge is 0.396 e. The molecule has 3 nitrogen and oxygen atoms in total. The van der Waals surface area contributed by atoms with Crippen LogP contribution in [-0.4, -0.2) is 36.5 Å². The number of hydrogen-bond donors (Lipinski definition) is 3. The van der Waals surface area contributed by atoms with Crippen LogP contribution in [0.3, 0.4) is 0 Å². The van der Waals surface area contributed by atoms with Crippen molar-refractivity contribution in [3.8, 4) is 0 Å². The molecule has 0 rings (SSSR count). The third kappa shape index (κ3) is 7.98. The minimum absolute atomic E-state index is 0.264. The van der Waals surface area contributed by atoms with Crippen LogP contribution in [0.25, 0.3) is 0 Å². The van der Waals surface area contributed by atoms with Gasteiger partial charge in [-0.1, -0.05) is 6.92 Å². The highest BCUT2D eigenvalue weighted by atomic mass is 16.3. The summed E-state index contributed by atoms with van der Waals surface area (Å²) in [6.07, 6.45) is 3.01. The van der Waals surface area contributed by atoms with Gasteiger partial charge < -0.3 is 15.5 Å². The van der Waals surface area contributed by atoms with Crippen LogP contribution in [0.5, 0.6) is 0 Å². The SMILES string of the molecule is CC(CO)CCCNCCCO. The Hall–Kier alpha value is -0.120. The van der Waals surface area contributed by atoms with Crippen LogP contribution in [0.15, 0.2) is 0 Å². The predicted molar refractivity (Wildman–Crippen MR) is 50.1 cm³/mol. The van der Waals surface area contributed by atoms with Gasteiger partial charge in [0, 0.05) is 13.2 Å². The van der Waals surface area contributed by atoms with Gasteiger partial charge in [0.05, 0.1) is 0 Å². The van der Waals surface area contributed by atoms with Gasteiger partial charge in [-0.3, -0.25) is 0 Å². The molecule has 0 bridgehead atoms. The van der Waals surface area contributed by atoms with E-state index in [0.29, 0.717) is 5.92 Å². The molecule has 1 unspecified atom stereocenters. The van der Waals surface area contributed by atoms with Crippen molar-refractivity contribution in [2.45, 2.75) is 26.2 Å². The topological polar surface area (TPSA) is 52.5 Å². The number of nitrogens with one attached hydrogen (secondary N) is 1. The van der Waals surface area contributed by atoms with Gasteiger partial charge in [-0.2, -0.15) is 0 Å². The zero-order valence-corrected chi connectivity index (χ0v) is 7.92. The summed E-state index contributed by atoms with van der Waals surface area (Å²) < 4.78 is 0. The highest BCUT2D eigenvalue weighted by molar-refractivity contribution is 4.53. The Morgan fingerprint density at radius 1 is 1.17 bits per heavy atom. The molecule has 0 radical (unpaired) electrons. The monoisotopic (exact) mass is 175 g/mol. The van der Waals surface area contributed by atoms with Crippen molar-refractivity contribution in [3.63, 3.8) is 0 Å². The molecule has 74 valence electrons. The zero-order chi connectivity index (χ0) is 9.23. The van der Waals surface area contributed by atoms with Gasteiger partial charge in [0.2, 0.25) is 0 Å².